The minimum Gasteiger partial charge on any atom is -0.343 e. The number of H-pyrrole nitrogens is 1. The number of hydrogen-bond acceptors (Lipinski definition) is 5. The normalized spacial score (nSPS) is 16.1. The summed E-state index contributed by atoms with van der Waals surface area (Å²) in [7, 11) is -1.12. The van der Waals surface area contributed by atoms with Crippen LogP contribution in [0.2, 0.25) is 0 Å². The summed E-state index contributed by atoms with van der Waals surface area (Å²) in [4.78, 5) is 1.83. The van der Waals surface area contributed by atoms with E-state index in [9.17, 15) is 8.42 Å². The number of nitrogens with one attached hydrogen (secondary N) is 1. The Balaban J connectivity index is 2.14. The first-order chi connectivity index (χ1) is 7.88. The lowest BCUT2D eigenvalue weighted by Crippen LogP contribution is -2.27. The molecule has 0 aliphatic heterocycles. The van der Waals surface area contributed by atoms with Crippen LogP contribution in [0.5, 0.6) is 0 Å². The van der Waals surface area contributed by atoms with Gasteiger partial charge in [0.15, 0.2) is 4.77 Å². The first-order valence-corrected chi connectivity index (χ1v) is 7.91. The zero-order chi connectivity index (χ0) is 12.6. The van der Waals surface area contributed by atoms with Crippen molar-refractivity contribution in [2.45, 2.75) is 18.9 Å². The Morgan fingerprint density at radius 2 is 2.24 bits per heavy atom. The summed E-state index contributed by atoms with van der Waals surface area (Å²) in [6.07, 6.45) is 3.46. The molecule has 1 aromatic heterocycles. The van der Waals surface area contributed by atoms with Crippen molar-refractivity contribution in [1.82, 2.24) is 14.8 Å². The van der Waals surface area contributed by atoms with Gasteiger partial charge in [-0.1, -0.05) is 0 Å². The molecule has 0 radical (unpaired) electrons. The van der Waals surface area contributed by atoms with Crippen molar-refractivity contribution in [3.05, 3.63) is 4.77 Å². The van der Waals surface area contributed by atoms with Gasteiger partial charge in [-0.2, -0.15) is 0 Å². The molecule has 0 atom stereocenters. The van der Waals surface area contributed by atoms with Gasteiger partial charge >= 0.3 is 0 Å². The highest BCUT2D eigenvalue weighted by molar-refractivity contribution is 7.90. The number of aromatic nitrogens is 3. The van der Waals surface area contributed by atoms with Crippen LogP contribution in [-0.4, -0.2) is 48.8 Å². The topological polar surface area (TPSA) is 71.0 Å². The summed E-state index contributed by atoms with van der Waals surface area (Å²) in [6, 6.07) is 0.428. The summed E-state index contributed by atoms with van der Waals surface area (Å²) < 4.78 is 24.8. The van der Waals surface area contributed by atoms with Gasteiger partial charge in [-0.3, -0.25) is 4.57 Å². The Kier molecular flexibility index (Phi) is 3.26. The molecule has 2 rings (SSSR count). The van der Waals surface area contributed by atoms with Crippen LogP contribution in [0.15, 0.2) is 0 Å². The van der Waals surface area contributed by atoms with Crippen LogP contribution in [0.4, 0.5) is 5.95 Å². The van der Waals surface area contributed by atoms with Crippen molar-refractivity contribution in [3.63, 3.8) is 0 Å². The molecule has 1 fully saturated rings. The van der Waals surface area contributed by atoms with E-state index in [4.69, 9.17) is 12.2 Å². The summed E-state index contributed by atoms with van der Waals surface area (Å²) in [5.74, 6) is 0.842. The monoisotopic (exact) mass is 276 g/mol. The SMILES string of the molecule is CN(CCS(C)(=O)=O)c1n[nH]c(=S)n1C1CC1. The summed E-state index contributed by atoms with van der Waals surface area (Å²) in [6.45, 7) is 0.422. The standard InChI is InChI=1S/C9H16N4O2S2/c1-12(5-6-17(2,14)15)8-10-11-9(16)13(8)7-3-4-7/h7H,3-6H2,1-2H3,(H,11,16). The van der Waals surface area contributed by atoms with E-state index < -0.39 is 9.84 Å². The van der Waals surface area contributed by atoms with Crippen LogP contribution < -0.4 is 4.90 Å². The Hall–Kier alpha value is -0.890. The van der Waals surface area contributed by atoms with Crippen molar-refractivity contribution in [3.8, 4) is 0 Å². The van der Waals surface area contributed by atoms with Gasteiger partial charge in [0, 0.05) is 25.9 Å². The Labute approximate surface area is 106 Å². The summed E-state index contributed by atoms with van der Waals surface area (Å²) >= 11 is 5.17. The van der Waals surface area contributed by atoms with Crippen LogP contribution in [0.25, 0.3) is 0 Å². The fraction of sp³-hybridized carbons (Fsp3) is 0.778. The maximum absolute atomic E-state index is 11.1. The molecular formula is C9H16N4O2S2. The maximum atomic E-state index is 11.1. The van der Waals surface area contributed by atoms with Gasteiger partial charge in [-0.15, -0.1) is 5.10 Å². The van der Waals surface area contributed by atoms with E-state index in [2.05, 4.69) is 10.2 Å². The van der Waals surface area contributed by atoms with Crippen LogP contribution in [-0.2, 0) is 9.84 Å². The molecule has 1 aliphatic carbocycles. The largest absolute Gasteiger partial charge is 0.343 e. The molecule has 1 saturated carbocycles. The number of nitrogens with zero attached hydrogens (tertiary/aromatic N) is 3. The lowest BCUT2D eigenvalue weighted by Gasteiger charge is -2.18. The number of hydrogen-bond donors (Lipinski definition) is 1. The number of sulfone groups is 1. The fourth-order valence-electron chi connectivity index (χ4n) is 1.63. The summed E-state index contributed by atoms with van der Waals surface area (Å²) in [5.41, 5.74) is 0. The van der Waals surface area contributed by atoms with Gasteiger partial charge in [0.05, 0.1) is 5.75 Å². The smallest absolute Gasteiger partial charge is 0.225 e. The molecule has 8 heteroatoms. The highest BCUT2D eigenvalue weighted by Gasteiger charge is 2.28. The Morgan fingerprint density at radius 1 is 1.59 bits per heavy atom. The number of aromatic amines is 1. The van der Waals surface area contributed by atoms with Gasteiger partial charge in [0.1, 0.15) is 9.84 Å². The highest BCUT2D eigenvalue weighted by atomic mass is 32.2. The van der Waals surface area contributed by atoms with Gasteiger partial charge in [-0.05, 0) is 25.1 Å². The van der Waals surface area contributed by atoms with Crippen LogP contribution in [0.1, 0.15) is 18.9 Å². The second-order valence-electron chi connectivity index (χ2n) is 4.48. The minimum absolute atomic E-state index is 0.119. The van der Waals surface area contributed by atoms with Gasteiger partial charge < -0.3 is 4.90 Å². The van der Waals surface area contributed by atoms with Crippen LogP contribution in [0, 0.1) is 4.77 Å². The van der Waals surface area contributed by atoms with E-state index in [1.165, 1.54) is 6.26 Å². The second-order valence-corrected chi connectivity index (χ2v) is 7.13. The van der Waals surface area contributed by atoms with Crippen molar-refractivity contribution in [2.24, 2.45) is 0 Å². The van der Waals surface area contributed by atoms with Crippen LogP contribution >= 0.6 is 12.2 Å². The Bertz CT molecular complexity index is 556. The van der Waals surface area contributed by atoms with Gasteiger partial charge in [-0.25, -0.2) is 13.5 Å². The number of rotatable bonds is 5. The van der Waals surface area contributed by atoms with Crippen molar-refractivity contribution >= 4 is 28.0 Å². The van der Waals surface area contributed by atoms with Gasteiger partial charge in [0.2, 0.25) is 5.95 Å². The second kappa shape index (κ2) is 4.41. The molecule has 17 heavy (non-hydrogen) atoms. The Morgan fingerprint density at radius 3 is 2.76 bits per heavy atom. The van der Waals surface area contributed by atoms with Crippen molar-refractivity contribution in [2.75, 3.05) is 30.5 Å². The molecule has 1 N–H and O–H groups in total. The molecule has 0 bridgehead atoms. The third kappa shape index (κ3) is 3.06. The quantitative estimate of drug-likeness (QED) is 0.804. The fourth-order valence-corrected chi connectivity index (χ4v) is 2.51. The molecule has 96 valence electrons. The average Bonchev–Trinajstić information content (AvgIpc) is 2.98. The highest BCUT2D eigenvalue weighted by Crippen LogP contribution is 2.37. The van der Waals surface area contributed by atoms with E-state index >= 15 is 0 Å². The zero-order valence-corrected chi connectivity index (χ0v) is 11.5. The third-order valence-electron chi connectivity index (χ3n) is 2.74. The lowest BCUT2D eigenvalue weighted by molar-refractivity contribution is 0.600. The average molecular weight is 276 g/mol. The summed E-state index contributed by atoms with van der Waals surface area (Å²) in [5, 5.41) is 6.92. The molecule has 1 aromatic rings. The minimum atomic E-state index is -2.95. The molecule has 0 unspecified atom stereocenters. The first kappa shape index (κ1) is 12.6. The van der Waals surface area contributed by atoms with Crippen molar-refractivity contribution in [1.29, 1.82) is 0 Å². The third-order valence-corrected chi connectivity index (χ3v) is 3.95. The predicted molar refractivity (Wildman–Crippen MR) is 68.7 cm³/mol. The van der Waals surface area contributed by atoms with Crippen molar-refractivity contribution < 1.29 is 8.42 Å². The van der Waals surface area contributed by atoms with Crippen LogP contribution in [0.3, 0.4) is 0 Å². The molecule has 1 heterocycles. The van der Waals surface area contributed by atoms with E-state index in [0.717, 1.165) is 18.8 Å². The molecule has 0 spiro atoms. The van der Waals surface area contributed by atoms with Gasteiger partial charge in [0.25, 0.3) is 0 Å². The predicted octanol–water partition coefficient (Wildman–Crippen LogP) is 0.756. The molecule has 0 amide bonds. The number of anilines is 1. The zero-order valence-electron chi connectivity index (χ0n) is 9.88. The van der Waals surface area contributed by atoms with E-state index in [1.54, 1.807) is 0 Å². The lowest BCUT2D eigenvalue weighted by atomic mass is 10.6. The maximum Gasteiger partial charge on any atom is 0.225 e. The van der Waals surface area contributed by atoms with E-state index in [0.29, 0.717) is 17.4 Å². The molecule has 1 aliphatic rings. The molecule has 6 nitrogen and oxygen atoms in total. The van der Waals surface area contributed by atoms with E-state index in [1.807, 2.05) is 16.5 Å². The molecule has 0 saturated heterocycles. The molecular weight excluding hydrogens is 260 g/mol. The van der Waals surface area contributed by atoms with E-state index in [-0.39, 0.29) is 5.75 Å². The molecule has 0 aromatic carbocycles. The first-order valence-electron chi connectivity index (χ1n) is 5.44.